The van der Waals surface area contributed by atoms with Crippen LogP contribution >= 0.6 is 0 Å². The number of ether oxygens (including phenoxy) is 1. The van der Waals surface area contributed by atoms with Crippen molar-refractivity contribution in [2.75, 3.05) is 13.1 Å². The van der Waals surface area contributed by atoms with Crippen LogP contribution in [0.5, 0.6) is 5.75 Å². The SMILES string of the molecule is C[C@H]1[C@H]2[C@H](O)c3ccc(OCc4ccccc4)cc3[C@]1(C)CCN2CC1CC1. The van der Waals surface area contributed by atoms with Crippen LogP contribution in [0.4, 0.5) is 0 Å². The van der Waals surface area contributed by atoms with Crippen molar-refractivity contribution in [1.29, 1.82) is 0 Å². The van der Waals surface area contributed by atoms with Crippen molar-refractivity contribution in [2.45, 2.75) is 57.3 Å². The lowest BCUT2D eigenvalue weighted by Gasteiger charge is -2.56. The van der Waals surface area contributed by atoms with Crippen molar-refractivity contribution in [3.05, 3.63) is 65.2 Å². The monoisotopic (exact) mass is 377 g/mol. The van der Waals surface area contributed by atoms with Crippen molar-refractivity contribution in [1.82, 2.24) is 4.90 Å². The average Bonchev–Trinajstić information content (AvgIpc) is 3.53. The van der Waals surface area contributed by atoms with E-state index in [0.717, 1.165) is 36.7 Å². The van der Waals surface area contributed by atoms with Crippen LogP contribution in [0.1, 0.15) is 55.9 Å². The van der Waals surface area contributed by atoms with E-state index in [1.54, 1.807) is 0 Å². The van der Waals surface area contributed by atoms with Gasteiger partial charge in [-0.25, -0.2) is 0 Å². The summed E-state index contributed by atoms with van der Waals surface area (Å²) in [4.78, 5) is 2.58. The molecule has 0 amide bonds. The molecule has 0 aromatic heterocycles. The zero-order valence-electron chi connectivity index (χ0n) is 17.0. The molecule has 1 saturated carbocycles. The second-order valence-corrected chi connectivity index (χ2v) is 9.35. The van der Waals surface area contributed by atoms with E-state index in [9.17, 15) is 5.11 Å². The Morgan fingerprint density at radius 3 is 2.68 bits per heavy atom. The first kappa shape index (κ1) is 18.2. The van der Waals surface area contributed by atoms with Crippen molar-refractivity contribution in [3.63, 3.8) is 0 Å². The molecule has 3 heteroatoms. The minimum Gasteiger partial charge on any atom is -0.489 e. The van der Waals surface area contributed by atoms with Gasteiger partial charge in [0.2, 0.25) is 0 Å². The molecular weight excluding hydrogens is 346 g/mol. The summed E-state index contributed by atoms with van der Waals surface area (Å²) in [5, 5.41) is 11.3. The van der Waals surface area contributed by atoms with Gasteiger partial charge in [0.25, 0.3) is 0 Å². The quantitative estimate of drug-likeness (QED) is 0.820. The summed E-state index contributed by atoms with van der Waals surface area (Å²) in [6.45, 7) is 7.56. The number of likely N-dealkylation sites (tertiary alicyclic amines) is 1. The molecular formula is C25H31NO2. The fourth-order valence-corrected chi connectivity index (χ4v) is 5.45. The molecule has 2 fully saturated rings. The Kier molecular flexibility index (Phi) is 4.48. The van der Waals surface area contributed by atoms with Crippen LogP contribution in [0.3, 0.4) is 0 Å². The molecule has 5 rings (SSSR count). The van der Waals surface area contributed by atoms with Crippen LogP contribution in [0, 0.1) is 11.8 Å². The number of benzene rings is 2. The van der Waals surface area contributed by atoms with E-state index >= 15 is 0 Å². The molecule has 2 bridgehead atoms. The van der Waals surface area contributed by atoms with E-state index in [1.807, 2.05) is 24.3 Å². The number of aliphatic hydroxyl groups is 1. The first-order valence-electron chi connectivity index (χ1n) is 10.8. The van der Waals surface area contributed by atoms with Gasteiger partial charge in [0, 0.05) is 12.6 Å². The number of hydrogen-bond acceptors (Lipinski definition) is 3. The van der Waals surface area contributed by atoms with E-state index in [-0.39, 0.29) is 11.5 Å². The normalized spacial score (nSPS) is 32.0. The summed E-state index contributed by atoms with van der Waals surface area (Å²) in [5.74, 6) is 2.20. The Bertz CT molecular complexity index is 847. The Labute approximate surface area is 168 Å². The van der Waals surface area contributed by atoms with Crippen LogP contribution in [0.15, 0.2) is 48.5 Å². The van der Waals surface area contributed by atoms with Crippen molar-refractivity contribution < 1.29 is 9.84 Å². The lowest BCUT2D eigenvalue weighted by atomic mass is 9.58. The largest absolute Gasteiger partial charge is 0.489 e. The molecule has 1 aliphatic heterocycles. The number of hydrogen-bond donors (Lipinski definition) is 1. The van der Waals surface area contributed by atoms with Crippen LogP contribution < -0.4 is 4.74 Å². The summed E-state index contributed by atoms with van der Waals surface area (Å²) >= 11 is 0. The van der Waals surface area contributed by atoms with Gasteiger partial charge in [-0.2, -0.15) is 0 Å². The van der Waals surface area contributed by atoms with Gasteiger partial charge in [-0.05, 0) is 71.9 Å². The number of rotatable bonds is 5. The number of nitrogens with zero attached hydrogens (tertiary/aromatic N) is 1. The molecule has 3 aliphatic rings. The summed E-state index contributed by atoms with van der Waals surface area (Å²) in [6.07, 6.45) is 3.48. The van der Waals surface area contributed by atoms with E-state index < -0.39 is 6.10 Å². The molecule has 0 radical (unpaired) electrons. The molecule has 1 heterocycles. The van der Waals surface area contributed by atoms with Gasteiger partial charge in [-0.15, -0.1) is 0 Å². The maximum Gasteiger partial charge on any atom is 0.120 e. The van der Waals surface area contributed by atoms with E-state index in [4.69, 9.17) is 4.74 Å². The molecule has 148 valence electrons. The Morgan fingerprint density at radius 2 is 1.93 bits per heavy atom. The zero-order valence-corrected chi connectivity index (χ0v) is 17.0. The van der Waals surface area contributed by atoms with Crippen LogP contribution in [0.2, 0.25) is 0 Å². The number of aliphatic hydroxyl groups excluding tert-OH is 1. The topological polar surface area (TPSA) is 32.7 Å². The summed E-state index contributed by atoms with van der Waals surface area (Å²) in [6, 6.07) is 16.9. The Hall–Kier alpha value is -1.84. The van der Waals surface area contributed by atoms with E-state index in [2.05, 4.69) is 43.0 Å². The molecule has 3 nitrogen and oxygen atoms in total. The lowest BCUT2D eigenvalue weighted by molar-refractivity contribution is -0.0539. The predicted octanol–water partition coefficient (Wildman–Crippen LogP) is 4.69. The minimum atomic E-state index is -0.403. The molecule has 2 aliphatic carbocycles. The Balaban J connectivity index is 1.42. The smallest absolute Gasteiger partial charge is 0.120 e. The molecule has 1 N–H and O–H groups in total. The average molecular weight is 378 g/mol. The van der Waals surface area contributed by atoms with Crippen molar-refractivity contribution in [2.24, 2.45) is 11.8 Å². The fourth-order valence-electron chi connectivity index (χ4n) is 5.45. The van der Waals surface area contributed by atoms with Gasteiger partial charge < -0.3 is 9.84 Å². The highest BCUT2D eigenvalue weighted by molar-refractivity contribution is 5.46. The summed E-state index contributed by atoms with van der Waals surface area (Å²) < 4.78 is 6.10. The second-order valence-electron chi connectivity index (χ2n) is 9.35. The fraction of sp³-hybridized carbons (Fsp3) is 0.520. The first-order valence-corrected chi connectivity index (χ1v) is 10.8. The summed E-state index contributed by atoms with van der Waals surface area (Å²) in [7, 11) is 0. The highest BCUT2D eigenvalue weighted by Crippen LogP contribution is 2.53. The summed E-state index contributed by atoms with van der Waals surface area (Å²) in [5.41, 5.74) is 3.68. The molecule has 2 aromatic carbocycles. The maximum atomic E-state index is 11.3. The molecule has 2 aromatic rings. The zero-order chi connectivity index (χ0) is 19.3. The minimum absolute atomic E-state index is 0.103. The molecule has 1 saturated heterocycles. The van der Waals surface area contributed by atoms with E-state index in [1.165, 1.54) is 24.0 Å². The van der Waals surface area contributed by atoms with Crippen LogP contribution in [-0.2, 0) is 12.0 Å². The van der Waals surface area contributed by atoms with Gasteiger partial charge in [0.1, 0.15) is 12.4 Å². The first-order chi connectivity index (χ1) is 13.6. The molecule has 4 atom stereocenters. The van der Waals surface area contributed by atoms with Crippen LogP contribution in [-0.4, -0.2) is 29.1 Å². The van der Waals surface area contributed by atoms with Gasteiger partial charge in [-0.1, -0.05) is 50.2 Å². The predicted molar refractivity (Wildman–Crippen MR) is 111 cm³/mol. The van der Waals surface area contributed by atoms with Gasteiger partial charge in [0.15, 0.2) is 0 Å². The third kappa shape index (κ3) is 3.05. The maximum absolute atomic E-state index is 11.3. The Morgan fingerprint density at radius 1 is 1.14 bits per heavy atom. The number of fused-ring (bicyclic) bond motifs is 4. The lowest BCUT2D eigenvalue weighted by Crippen LogP contribution is -2.59. The van der Waals surface area contributed by atoms with Crippen LogP contribution in [0.25, 0.3) is 0 Å². The van der Waals surface area contributed by atoms with Gasteiger partial charge >= 0.3 is 0 Å². The standard InChI is InChI=1S/C25H31NO2/c1-17-23-24(27)21-11-10-20(28-16-19-6-4-3-5-7-19)14-22(21)25(17,2)12-13-26(23)15-18-8-9-18/h3-7,10-11,14,17-18,23-24,27H,8-9,12-13,15-16H2,1-2H3/t17-,23-,24+,25+/m0/s1. The highest BCUT2D eigenvalue weighted by Gasteiger charge is 2.52. The highest BCUT2D eigenvalue weighted by atomic mass is 16.5. The van der Waals surface area contributed by atoms with Gasteiger partial charge in [0.05, 0.1) is 6.10 Å². The molecule has 28 heavy (non-hydrogen) atoms. The van der Waals surface area contributed by atoms with Crippen molar-refractivity contribution >= 4 is 0 Å². The third-order valence-corrected chi connectivity index (χ3v) is 7.58. The number of piperidine rings is 1. The second kappa shape index (κ2) is 6.89. The molecule has 0 unspecified atom stereocenters. The van der Waals surface area contributed by atoms with Crippen molar-refractivity contribution in [3.8, 4) is 5.75 Å². The molecule has 0 spiro atoms. The van der Waals surface area contributed by atoms with E-state index in [0.29, 0.717) is 12.5 Å². The van der Waals surface area contributed by atoms with Gasteiger partial charge in [-0.3, -0.25) is 4.90 Å². The third-order valence-electron chi connectivity index (χ3n) is 7.58.